The van der Waals surface area contributed by atoms with E-state index in [1.165, 1.54) is 10.5 Å². The Morgan fingerprint density at radius 2 is 1.65 bits per heavy atom. The average Bonchev–Trinajstić information content (AvgIpc) is 3.16. The lowest BCUT2D eigenvalue weighted by molar-refractivity contribution is -0.121. The standard InChI is InChI=1S/C27H35N3O4/c1-3-16-34-24-10-6-22(7-11-24)30-26(31)17-25(27(30)32)28-18-20-12-14-29(15-13-20)19-21-4-8-23(33-2)9-5-21/h4-11,20,25,28H,3,12-19H2,1-2H3. The van der Waals surface area contributed by atoms with Crippen LogP contribution in [0, 0.1) is 5.92 Å². The van der Waals surface area contributed by atoms with Crippen LogP contribution in [0.5, 0.6) is 11.5 Å². The molecule has 2 aromatic rings. The number of benzene rings is 2. The van der Waals surface area contributed by atoms with Gasteiger partial charge in [-0.25, -0.2) is 4.90 Å². The molecule has 0 aromatic heterocycles. The van der Waals surface area contributed by atoms with Gasteiger partial charge in [0.25, 0.3) is 5.91 Å². The monoisotopic (exact) mass is 465 g/mol. The molecular formula is C27H35N3O4. The molecule has 2 aliphatic rings. The number of carbonyl (C=O) groups excluding carboxylic acids is 2. The quantitative estimate of drug-likeness (QED) is 0.541. The van der Waals surface area contributed by atoms with Crippen LogP contribution in [-0.2, 0) is 16.1 Å². The molecule has 1 unspecified atom stereocenters. The number of amides is 2. The first-order chi connectivity index (χ1) is 16.6. The fraction of sp³-hybridized carbons (Fsp3) is 0.481. The van der Waals surface area contributed by atoms with Crippen molar-refractivity contribution in [3.8, 4) is 11.5 Å². The van der Waals surface area contributed by atoms with Crippen molar-refractivity contribution in [3.63, 3.8) is 0 Å². The van der Waals surface area contributed by atoms with Crippen LogP contribution in [0.3, 0.4) is 0 Å². The number of anilines is 1. The van der Waals surface area contributed by atoms with Gasteiger partial charge in [0.2, 0.25) is 5.91 Å². The summed E-state index contributed by atoms with van der Waals surface area (Å²) in [6.07, 6.45) is 3.31. The summed E-state index contributed by atoms with van der Waals surface area (Å²) in [6, 6.07) is 15.0. The van der Waals surface area contributed by atoms with Crippen LogP contribution in [-0.4, -0.2) is 56.1 Å². The molecule has 2 aromatic carbocycles. The van der Waals surface area contributed by atoms with Crippen LogP contribution < -0.4 is 19.7 Å². The van der Waals surface area contributed by atoms with E-state index in [-0.39, 0.29) is 18.2 Å². The molecule has 182 valence electrons. The van der Waals surface area contributed by atoms with Gasteiger partial charge in [0, 0.05) is 6.54 Å². The van der Waals surface area contributed by atoms with E-state index in [4.69, 9.17) is 9.47 Å². The Hall–Kier alpha value is -2.90. The van der Waals surface area contributed by atoms with E-state index in [9.17, 15) is 9.59 Å². The van der Waals surface area contributed by atoms with Crippen molar-refractivity contribution in [2.45, 2.75) is 45.2 Å². The van der Waals surface area contributed by atoms with Crippen LogP contribution in [0.15, 0.2) is 48.5 Å². The van der Waals surface area contributed by atoms with Crippen molar-refractivity contribution < 1.29 is 19.1 Å². The first kappa shape index (κ1) is 24.2. The molecule has 34 heavy (non-hydrogen) atoms. The van der Waals surface area contributed by atoms with Gasteiger partial charge in [-0.05, 0) is 86.8 Å². The summed E-state index contributed by atoms with van der Waals surface area (Å²) >= 11 is 0. The van der Waals surface area contributed by atoms with Crippen LogP contribution in [0.25, 0.3) is 0 Å². The predicted octanol–water partition coefficient (Wildman–Crippen LogP) is 3.62. The largest absolute Gasteiger partial charge is 0.497 e. The van der Waals surface area contributed by atoms with Gasteiger partial charge in [-0.1, -0.05) is 19.1 Å². The van der Waals surface area contributed by atoms with Gasteiger partial charge in [-0.15, -0.1) is 0 Å². The average molecular weight is 466 g/mol. The maximum absolute atomic E-state index is 12.9. The van der Waals surface area contributed by atoms with Gasteiger partial charge in [0.15, 0.2) is 0 Å². The van der Waals surface area contributed by atoms with Crippen LogP contribution in [0.4, 0.5) is 5.69 Å². The molecule has 0 spiro atoms. The lowest BCUT2D eigenvalue weighted by Gasteiger charge is -2.32. The van der Waals surface area contributed by atoms with Gasteiger partial charge in [-0.2, -0.15) is 0 Å². The number of nitrogens with zero attached hydrogens (tertiary/aromatic N) is 2. The zero-order valence-corrected chi connectivity index (χ0v) is 20.2. The number of likely N-dealkylation sites (tertiary alicyclic amines) is 1. The summed E-state index contributed by atoms with van der Waals surface area (Å²) in [4.78, 5) is 29.3. The molecule has 7 heteroatoms. The van der Waals surface area contributed by atoms with E-state index in [0.29, 0.717) is 18.2 Å². The Morgan fingerprint density at radius 1 is 0.971 bits per heavy atom. The van der Waals surface area contributed by atoms with Crippen molar-refractivity contribution in [2.75, 3.05) is 38.3 Å². The van der Waals surface area contributed by atoms with E-state index in [0.717, 1.165) is 56.9 Å². The Kier molecular flexibility index (Phi) is 8.19. The number of hydrogen-bond donors (Lipinski definition) is 1. The first-order valence-electron chi connectivity index (χ1n) is 12.3. The number of imide groups is 1. The SMILES string of the molecule is CCCOc1ccc(N2C(=O)CC(NCC3CCN(Cc4ccc(OC)cc4)CC3)C2=O)cc1. The van der Waals surface area contributed by atoms with Gasteiger partial charge in [0.05, 0.1) is 31.9 Å². The van der Waals surface area contributed by atoms with Gasteiger partial charge < -0.3 is 14.8 Å². The maximum Gasteiger partial charge on any atom is 0.251 e. The Bertz CT molecular complexity index is 953. The Balaban J connectivity index is 1.22. The Labute approximate surface area is 202 Å². The highest BCUT2D eigenvalue weighted by atomic mass is 16.5. The van der Waals surface area contributed by atoms with E-state index in [1.807, 2.05) is 24.3 Å². The fourth-order valence-electron chi connectivity index (χ4n) is 4.62. The lowest BCUT2D eigenvalue weighted by Crippen LogP contribution is -2.43. The third kappa shape index (κ3) is 5.96. The van der Waals surface area contributed by atoms with Crippen LogP contribution in [0.2, 0.25) is 0 Å². The van der Waals surface area contributed by atoms with E-state index < -0.39 is 6.04 Å². The molecule has 0 radical (unpaired) electrons. The summed E-state index contributed by atoms with van der Waals surface area (Å²) in [5, 5.41) is 3.38. The number of hydrogen-bond acceptors (Lipinski definition) is 6. The topological polar surface area (TPSA) is 71.1 Å². The second-order valence-electron chi connectivity index (χ2n) is 9.14. The first-order valence-corrected chi connectivity index (χ1v) is 12.3. The lowest BCUT2D eigenvalue weighted by atomic mass is 9.96. The summed E-state index contributed by atoms with van der Waals surface area (Å²) in [7, 11) is 1.68. The molecule has 2 saturated heterocycles. The van der Waals surface area contributed by atoms with Crippen LogP contribution in [0.1, 0.15) is 38.2 Å². The third-order valence-corrected chi connectivity index (χ3v) is 6.64. The second kappa shape index (κ2) is 11.5. The van der Waals surface area contributed by atoms with Crippen LogP contribution >= 0.6 is 0 Å². The Morgan fingerprint density at radius 3 is 2.29 bits per heavy atom. The van der Waals surface area contributed by atoms with Crippen molar-refractivity contribution in [1.82, 2.24) is 10.2 Å². The molecule has 0 bridgehead atoms. The fourth-order valence-corrected chi connectivity index (χ4v) is 4.62. The van der Waals surface area contributed by atoms with Gasteiger partial charge >= 0.3 is 0 Å². The normalized spacial score (nSPS) is 19.6. The number of ether oxygens (including phenoxy) is 2. The number of nitrogens with one attached hydrogen (secondary N) is 1. The predicted molar refractivity (Wildman–Crippen MR) is 132 cm³/mol. The summed E-state index contributed by atoms with van der Waals surface area (Å²) in [5.74, 6) is 1.82. The third-order valence-electron chi connectivity index (χ3n) is 6.64. The smallest absolute Gasteiger partial charge is 0.251 e. The van der Waals surface area contributed by atoms with Crippen molar-refractivity contribution in [2.24, 2.45) is 5.92 Å². The number of piperidine rings is 1. The molecular weight excluding hydrogens is 430 g/mol. The maximum atomic E-state index is 12.9. The number of carbonyl (C=O) groups is 2. The van der Waals surface area contributed by atoms with Gasteiger partial charge in [-0.3, -0.25) is 14.5 Å². The molecule has 0 aliphatic carbocycles. The summed E-state index contributed by atoms with van der Waals surface area (Å²) < 4.78 is 10.8. The molecule has 0 saturated carbocycles. The van der Waals surface area contributed by atoms with E-state index >= 15 is 0 Å². The highest BCUT2D eigenvalue weighted by molar-refractivity contribution is 6.22. The molecule has 4 rings (SSSR count). The van der Waals surface area contributed by atoms with Gasteiger partial charge in [0.1, 0.15) is 11.5 Å². The molecule has 7 nitrogen and oxygen atoms in total. The highest BCUT2D eigenvalue weighted by Gasteiger charge is 2.39. The second-order valence-corrected chi connectivity index (χ2v) is 9.14. The molecule has 2 fully saturated rings. The van der Waals surface area contributed by atoms with E-state index in [1.54, 1.807) is 19.2 Å². The molecule has 2 amide bonds. The number of rotatable bonds is 10. The minimum absolute atomic E-state index is 0.154. The van der Waals surface area contributed by atoms with Crippen molar-refractivity contribution in [3.05, 3.63) is 54.1 Å². The molecule has 2 heterocycles. The molecule has 1 atom stereocenters. The van der Waals surface area contributed by atoms with Crippen molar-refractivity contribution >= 4 is 17.5 Å². The highest BCUT2D eigenvalue weighted by Crippen LogP contribution is 2.26. The zero-order chi connectivity index (χ0) is 23.9. The molecule has 2 aliphatic heterocycles. The zero-order valence-electron chi connectivity index (χ0n) is 20.2. The van der Waals surface area contributed by atoms with E-state index in [2.05, 4.69) is 29.3 Å². The minimum atomic E-state index is -0.444. The van der Waals surface area contributed by atoms with Crippen molar-refractivity contribution in [1.29, 1.82) is 0 Å². The number of methoxy groups -OCH3 is 1. The summed E-state index contributed by atoms with van der Waals surface area (Å²) in [5.41, 5.74) is 1.90. The molecule has 1 N–H and O–H groups in total. The minimum Gasteiger partial charge on any atom is -0.497 e. The summed E-state index contributed by atoms with van der Waals surface area (Å²) in [6.45, 7) is 6.47.